The SMILES string of the molecule is O=C(NSC1CC1)c1cc(C2CC2)c(CN2CCC(Sc3cc(Cl)cc(Cl)c3)CC2)cc1F. The summed E-state index contributed by atoms with van der Waals surface area (Å²) in [5.41, 5.74) is 2.38. The van der Waals surface area contributed by atoms with Crippen molar-refractivity contribution in [2.24, 2.45) is 0 Å². The number of piperidine rings is 1. The summed E-state index contributed by atoms with van der Waals surface area (Å²) in [5, 5.41) is 2.35. The Kier molecular flexibility index (Phi) is 7.48. The highest BCUT2D eigenvalue weighted by molar-refractivity contribution is 8.00. The first-order chi connectivity index (χ1) is 15.9. The third kappa shape index (κ3) is 6.40. The first-order valence-electron chi connectivity index (χ1n) is 11.6. The highest BCUT2D eigenvalue weighted by Gasteiger charge is 2.30. The Hall–Kier alpha value is -0.920. The average molecular weight is 526 g/mol. The Morgan fingerprint density at radius 2 is 1.67 bits per heavy atom. The Morgan fingerprint density at radius 1 is 0.970 bits per heavy atom. The van der Waals surface area contributed by atoms with E-state index in [4.69, 9.17) is 23.2 Å². The number of carbonyl (C=O) groups is 1. The second-order valence-electron chi connectivity index (χ2n) is 9.25. The lowest BCUT2D eigenvalue weighted by Crippen LogP contribution is -2.34. The van der Waals surface area contributed by atoms with Gasteiger partial charge in [-0.05, 0) is 111 Å². The van der Waals surface area contributed by atoms with Crippen LogP contribution in [0.25, 0.3) is 0 Å². The molecule has 0 aromatic heterocycles. The summed E-state index contributed by atoms with van der Waals surface area (Å²) in [6, 6.07) is 9.12. The van der Waals surface area contributed by atoms with Crippen LogP contribution < -0.4 is 4.72 Å². The first kappa shape index (κ1) is 23.8. The highest BCUT2D eigenvalue weighted by Crippen LogP contribution is 2.43. The van der Waals surface area contributed by atoms with Gasteiger partial charge in [-0.3, -0.25) is 14.4 Å². The predicted octanol–water partition coefficient (Wildman–Crippen LogP) is 7.31. The van der Waals surface area contributed by atoms with Gasteiger partial charge in [-0.1, -0.05) is 23.2 Å². The third-order valence-electron chi connectivity index (χ3n) is 6.40. The molecule has 33 heavy (non-hydrogen) atoms. The molecule has 2 aromatic carbocycles. The van der Waals surface area contributed by atoms with E-state index in [0.717, 1.165) is 74.2 Å². The zero-order chi connectivity index (χ0) is 22.9. The summed E-state index contributed by atoms with van der Waals surface area (Å²) in [6.07, 6.45) is 6.63. The van der Waals surface area contributed by atoms with E-state index in [0.29, 0.717) is 26.5 Å². The Bertz CT molecular complexity index is 1020. The van der Waals surface area contributed by atoms with Crippen LogP contribution in [0.15, 0.2) is 35.2 Å². The summed E-state index contributed by atoms with van der Waals surface area (Å²) in [4.78, 5) is 16.0. The molecule has 1 saturated heterocycles. The van der Waals surface area contributed by atoms with E-state index in [9.17, 15) is 9.18 Å². The standard InChI is InChI=1S/C25H27Cl2FN2OS2/c26-17-10-18(27)12-21(11-17)32-19-5-7-30(8-6-19)14-16-9-24(28)23(13-22(16)15-1-2-15)25(31)29-33-20-3-4-20/h9-13,15,19-20H,1-8,14H2,(H,29,31). The number of nitrogens with zero attached hydrogens (tertiary/aromatic N) is 1. The molecule has 3 aliphatic rings. The maximum Gasteiger partial charge on any atom is 0.264 e. The number of hydrogen-bond acceptors (Lipinski definition) is 4. The predicted molar refractivity (Wildman–Crippen MR) is 137 cm³/mol. The quantitative estimate of drug-likeness (QED) is 0.367. The zero-order valence-electron chi connectivity index (χ0n) is 18.3. The molecular formula is C25H27Cl2FN2OS2. The minimum atomic E-state index is -0.411. The van der Waals surface area contributed by atoms with Crippen molar-refractivity contribution in [3.63, 3.8) is 0 Å². The van der Waals surface area contributed by atoms with Gasteiger partial charge in [0, 0.05) is 32.0 Å². The van der Waals surface area contributed by atoms with E-state index < -0.39 is 5.82 Å². The number of halogens is 3. The van der Waals surface area contributed by atoms with Crippen LogP contribution >= 0.6 is 46.9 Å². The third-order valence-corrected chi connectivity index (χ3v) is 9.26. The molecule has 0 spiro atoms. The Balaban J connectivity index is 1.21. The van der Waals surface area contributed by atoms with E-state index >= 15 is 0 Å². The van der Waals surface area contributed by atoms with Gasteiger partial charge in [-0.25, -0.2) is 4.39 Å². The van der Waals surface area contributed by atoms with Crippen LogP contribution in [-0.2, 0) is 6.54 Å². The van der Waals surface area contributed by atoms with Crippen molar-refractivity contribution in [1.82, 2.24) is 9.62 Å². The Labute approximate surface area is 213 Å². The Morgan fingerprint density at radius 3 is 2.30 bits per heavy atom. The summed E-state index contributed by atoms with van der Waals surface area (Å²) >= 11 is 15.5. The van der Waals surface area contributed by atoms with E-state index in [2.05, 4.69) is 9.62 Å². The first-order valence-corrected chi connectivity index (χ1v) is 14.1. The van der Waals surface area contributed by atoms with E-state index in [-0.39, 0.29) is 11.5 Å². The van der Waals surface area contributed by atoms with Gasteiger partial charge in [-0.2, -0.15) is 0 Å². The van der Waals surface area contributed by atoms with Gasteiger partial charge in [0.15, 0.2) is 0 Å². The van der Waals surface area contributed by atoms with Gasteiger partial charge < -0.3 is 0 Å². The fourth-order valence-corrected chi connectivity index (χ4v) is 6.94. The molecule has 0 atom stereocenters. The molecule has 5 rings (SSSR count). The summed E-state index contributed by atoms with van der Waals surface area (Å²) < 4.78 is 17.7. The second kappa shape index (κ2) is 10.4. The van der Waals surface area contributed by atoms with Crippen molar-refractivity contribution in [3.05, 3.63) is 62.9 Å². The molecule has 1 N–H and O–H groups in total. The monoisotopic (exact) mass is 524 g/mol. The van der Waals surface area contributed by atoms with Crippen molar-refractivity contribution < 1.29 is 9.18 Å². The maximum absolute atomic E-state index is 14.9. The molecule has 0 radical (unpaired) electrons. The lowest BCUT2D eigenvalue weighted by Gasteiger charge is -2.32. The van der Waals surface area contributed by atoms with Gasteiger partial charge in [0.2, 0.25) is 0 Å². The van der Waals surface area contributed by atoms with Gasteiger partial charge >= 0.3 is 0 Å². The van der Waals surface area contributed by atoms with Crippen LogP contribution in [0.4, 0.5) is 4.39 Å². The number of amides is 1. The van der Waals surface area contributed by atoms with Crippen LogP contribution in [0.2, 0.25) is 10.0 Å². The molecular weight excluding hydrogens is 498 g/mol. The number of carbonyl (C=O) groups excluding carboxylic acids is 1. The average Bonchev–Trinajstić information content (AvgIpc) is 3.67. The zero-order valence-corrected chi connectivity index (χ0v) is 21.4. The molecule has 0 bridgehead atoms. The number of hydrogen-bond donors (Lipinski definition) is 1. The second-order valence-corrected chi connectivity index (χ2v) is 12.6. The van der Waals surface area contributed by atoms with Gasteiger partial charge in [0.1, 0.15) is 5.82 Å². The van der Waals surface area contributed by atoms with E-state index in [1.807, 2.05) is 30.0 Å². The number of benzene rings is 2. The van der Waals surface area contributed by atoms with Crippen molar-refractivity contribution in [2.45, 2.75) is 66.4 Å². The maximum atomic E-state index is 14.9. The van der Waals surface area contributed by atoms with Crippen LogP contribution in [0.1, 0.15) is 65.9 Å². The highest BCUT2D eigenvalue weighted by atomic mass is 35.5. The van der Waals surface area contributed by atoms with Crippen molar-refractivity contribution in [2.75, 3.05) is 13.1 Å². The van der Waals surface area contributed by atoms with Gasteiger partial charge in [0.05, 0.1) is 5.56 Å². The minimum Gasteiger partial charge on any atom is -0.299 e. The van der Waals surface area contributed by atoms with Crippen molar-refractivity contribution >= 4 is 52.8 Å². The van der Waals surface area contributed by atoms with Crippen LogP contribution in [0, 0.1) is 5.82 Å². The lowest BCUT2D eigenvalue weighted by atomic mass is 9.98. The molecule has 1 amide bonds. The minimum absolute atomic E-state index is 0.184. The van der Waals surface area contributed by atoms with Gasteiger partial charge in [0.25, 0.3) is 5.91 Å². The molecule has 1 aliphatic heterocycles. The molecule has 2 saturated carbocycles. The topological polar surface area (TPSA) is 32.3 Å². The molecule has 8 heteroatoms. The fraction of sp³-hybridized carbons (Fsp3) is 0.480. The van der Waals surface area contributed by atoms with Crippen molar-refractivity contribution in [3.8, 4) is 0 Å². The fourth-order valence-electron chi connectivity index (χ4n) is 4.31. The molecule has 3 fully saturated rings. The molecule has 3 nitrogen and oxygen atoms in total. The summed E-state index contributed by atoms with van der Waals surface area (Å²) in [5.74, 6) is -0.257. The van der Waals surface area contributed by atoms with Crippen LogP contribution in [0.3, 0.4) is 0 Å². The molecule has 0 unspecified atom stereocenters. The lowest BCUT2D eigenvalue weighted by molar-refractivity contribution is 0.0980. The molecule has 2 aliphatic carbocycles. The van der Waals surface area contributed by atoms with Crippen LogP contribution in [-0.4, -0.2) is 34.4 Å². The number of likely N-dealkylation sites (tertiary alicyclic amines) is 1. The van der Waals surface area contributed by atoms with Crippen LogP contribution in [0.5, 0.6) is 0 Å². The number of thioether (sulfide) groups is 1. The van der Waals surface area contributed by atoms with Crippen molar-refractivity contribution in [1.29, 1.82) is 0 Å². The number of rotatable bonds is 8. The molecule has 176 valence electrons. The largest absolute Gasteiger partial charge is 0.299 e. The molecule has 2 aromatic rings. The van der Waals surface area contributed by atoms with E-state index in [1.54, 1.807) is 12.1 Å². The van der Waals surface area contributed by atoms with Gasteiger partial charge in [-0.15, -0.1) is 11.8 Å². The smallest absolute Gasteiger partial charge is 0.264 e. The summed E-state index contributed by atoms with van der Waals surface area (Å²) in [7, 11) is 0. The summed E-state index contributed by atoms with van der Waals surface area (Å²) in [6.45, 7) is 2.68. The van der Waals surface area contributed by atoms with E-state index in [1.165, 1.54) is 11.9 Å². The number of nitrogens with one attached hydrogen (secondary N) is 1. The molecule has 1 heterocycles. The normalized spacial score (nSPS) is 19.6.